The second-order valence-electron chi connectivity index (χ2n) is 9.31. The number of nitrogens with zero attached hydrogens (tertiary/aromatic N) is 2. The zero-order chi connectivity index (χ0) is 26.8. The first kappa shape index (κ1) is 25.6. The molecule has 188 valence electrons. The molecule has 0 saturated carbocycles. The number of aryl methyl sites for hydroxylation is 2. The van der Waals surface area contributed by atoms with Crippen LogP contribution >= 0.6 is 23.8 Å². The molecule has 0 radical (unpaired) electrons. The Morgan fingerprint density at radius 3 is 1.79 bits per heavy atom. The van der Waals surface area contributed by atoms with Gasteiger partial charge in [0.1, 0.15) is 5.57 Å². The molecule has 38 heavy (non-hydrogen) atoms. The van der Waals surface area contributed by atoms with E-state index in [-0.39, 0.29) is 10.7 Å². The van der Waals surface area contributed by atoms with Crippen molar-refractivity contribution in [2.24, 2.45) is 0 Å². The molecule has 1 aliphatic heterocycles. The number of carbonyl (C=O) groups excluding carboxylic acids is 2. The fourth-order valence-corrected chi connectivity index (χ4v) is 5.30. The number of para-hydroxylation sites is 2. The highest BCUT2D eigenvalue weighted by molar-refractivity contribution is 7.81. The molecule has 0 bridgehead atoms. The highest BCUT2D eigenvalue weighted by Gasteiger charge is 2.41. The Kier molecular flexibility index (Phi) is 7.23. The Morgan fingerprint density at radius 1 is 0.737 bits per heavy atom. The maximum atomic E-state index is 13.9. The zero-order valence-electron chi connectivity index (χ0n) is 21.0. The lowest BCUT2D eigenvalue weighted by Crippen LogP contribution is -2.56. The van der Waals surface area contributed by atoms with Crippen molar-refractivity contribution < 1.29 is 9.59 Å². The van der Waals surface area contributed by atoms with E-state index < -0.39 is 11.8 Å². The Hall–Kier alpha value is -4.06. The summed E-state index contributed by atoms with van der Waals surface area (Å²) in [6.45, 7) is 4.14. The van der Waals surface area contributed by atoms with Gasteiger partial charge in [0.05, 0.1) is 11.4 Å². The Morgan fingerprint density at radius 2 is 1.26 bits per heavy atom. The number of carbonyl (C=O) groups is 2. The summed E-state index contributed by atoms with van der Waals surface area (Å²) in [5, 5.41) is 0.628. The van der Waals surface area contributed by atoms with Crippen LogP contribution in [0.25, 0.3) is 6.08 Å². The van der Waals surface area contributed by atoms with Gasteiger partial charge < -0.3 is 0 Å². The van der Waals surface area contributed by atoms with Gasteiger partial charge in [-0.1, -0.05) is 83.4 Å². The second-order valence-corrected chi connectivity index (χ2v) is 10.1. The molecule has 5 rings (SSSR count). The summed E-state index contributed by atoms with van der Waals surface area (Å²) in [5.74, 6) is -0.952. The number of benzene rings is 4. The quantitative estimate of drug-likeness (QED) is 0.153. The predicted molar refractivity (Wildman–Crippen MR) is 159 cm³/mol. The average molecular weight is 537 g/mol. The fraction of sp³-hybridized carbons (Fsp3) is 0.0938. The smallest absolute Gasteiger partial charge is 0.268 e. The molecule has 2 amide bonds. The summed E-state index contributed by atoms with van der Waals surface area (Å²) in [6.07, 6.45) is 2.27. The van der Waals surface area contributed by atoms with Crippen LogP contribution in [0.1, 0.15) is 27.8 Å². The number of amides is 2. The molecule has 1 aliphatic rings. The minimum Gasteiger partial charge on any atom is -0.268 e. The molecule has 4 aromatic carbocycles. The highest BCUT2D eigenvalue weighted by atomic mass is 35.5. The molecule has 0 spiro atoms. The van der Waals surface area contributed by atoms with Gasteiger partial charge in [-0.25, -0.2) is 0 Å². The lowest BCUT2D eigenvalue weighted by Gasteiger charge is -2.36. The van der Waals surface area contributed by atoms with Crippen molar-refractivity contribution >= 4 is 58.2 Å². The normalized spacial score (nSPS) is 13.8. The number of rotatable bonds is 5. The van der Waals surface area contributed by atoms with Crippen LogP contribution in [0.4, 0.5) is 11.4 Å². The predicted octanol–water partition coefficient (Wildman–Crippen LogP) is 7.30. The Labute approximate surface area is 232 Å². The topological polar surface area (TPSA) is 40.6 Å². The molecule has 4 nitrogen and oxygen atoms in total. The number of hydrogen-bond donors (Lipinski definition) is 0. The molecule has 0 unspecified atom stereocenters. The van der Waals surface area contributed by atoms with Crippen molar-refractivity contribution in [1.82, 2.24) is 0 Å². The van der Waals surface area contributed by atoms with Crippen LogP contribution in [-0.4, -0.2) is 16.9 Å². The molecular weight excluding hydrogens is 512 g/mol. The van der Waals surface area contributed by atoms with E-state index in [0.717, 1.165) is 11.1 Å². The maximum absolute atomic E-state index is 13.9. The molecule has 1 saturated heterocycles. The van der Waals surface area contributed by atoms with Crippen LogP contribution in [0.15, 0.2) is 103 Å². The summed E-state index contributed by atoms with van der Waals surface area (Å²) < 4.78 is 0. The summed E-state index contributed by atoms with van der Waals surface area (Å²) in [4.78, 5) is 30.5. The van der Waals surface area contributed by atoms with Gasteiger partial charge in [-0.2, -0.15) is 0 Å². The fourth-order valence-electron chi connectivity index (χ4n) is 4.75. The van der Waals surface area contributed by atoms with E-state index in [1.165, 1.54) is 20.9 Å². The zero-order valence-corrected chi connectivity index (χ0v) is 22.6. The maximum Gasteiger partial charge on any atom is 0.270 e. The third-order valence-electron chi connectivity index (χ3n) is 6.36. The monoisotopic (exact) mass is 536 g/mol. The van der Waals surface area contributed by atoms with E-state index in [9.17, 15) is 9.59 Å². The van der Waals surface area contributed by atoms with Crippen molar-refractivity contribution in [3.05, 3.63) is 135 Å². The second kappa shape index (κ2) is 10.7. The lowest BCUT2D eigenvalue weighted by atomic mass is 9.95. The standard InChI is InChI=1S/C32H25ClN2O2S/c1-21-15-22(2)17-23(16-21)18-24-13-14-26(33)19-25(24)20-29-30(36)34(27-9-5-3-6-10-27)32(38)35(31(29)37)28-11-7-4-8-12-28/h3-17,19-20H,18H2,1-2H3. The third kappa shape index (κ3) is 5.17. The Balaban J connectivity index is 1.64. The third-order valence-corrected chi connectivity index (χ3v) is 6.96. The van der Waals surface area contributed by atoms with Crippen LogP contribution in [0.5, 0.6) is 0 Å². The van der Waals surface area contributed by atoms with Crippen molar-refractivity contribution in [2.45, 2.75) is 20.3 Å². The van der Waals surface area contributed by atoms with Crippen LogP contribution < -0.4 is 9.80 Å². The number of halogens is 1. The van der Waals surface area contributed by atoms with Crippen molar-refractivity contribution in [1.29, 1.82) is 0 Å². The van der Waals surface area contributed by atoms with Crippen molar-refractivity contribution in [3.63, 3.8) is 0 Å². The SMILES string of the molecule is Cc1cc(C)cc(Cc2ccc(Cl)cc2C=C2C(=O)N(c3ccccc3)C(=S)N(c3ccccc3)C2=O)c1. The van der Waals surface area contributed by atoms with Gasteiger partial charge in [-0.3, -0.25) is 19.4 Å². The van der Waals surface area contributed by atoms with Crippen molar-refractivity contribution in [2.75, 3.05) is 9.80 Å². The molecule has 0 atom stereocenters. The molecular formula is C32H25ClN2O2S. The minimum absolute atomic E-state index is 0.00949. The van der Waals surface area contributed by atoms with Gasteiger partial charge in [-0.05, 0) is 91.7 Å². The summed E-state index contributed by atoms with van der Waals surface area (Å²) in [5.41, 5.74) is 6.35. The first-order valence-electron chi connectivity index (χ1n) is 12.2. The molecule has 6 heteroatoms. The molecule has 1 fully saturated rings. The number of hydrogen-bond acceptors (Lipinski definition) is 3. The molecule has 1 heterocycles. The van der Waals surface area contributed by atoms with Gasteiger partial charge in [-0.15, -0.1) is 0 Å². The first-order valence-corrected chi connectivity index (χ1v) is 13.0. The first-order chi connectivity index (χ1) is 18.3. The lowest BCUT2D eigenvalue weighted by molar-refractivity contribution is -0.120. The van der Waals surface area contributed by atoms with E-state index in [1.807, 2.05) is 48.5 Å². The van der Waals surface area contributed by atoms with E-state index in [4.69, 9.17) is 23.8 Å². The molecule has 0 N–H and O–H groups in total. The van der Waals surface area contributed by atoms with E-state index in [1.54, 1.807) is 36.4 Å². The summed E-state index contributed by atoms with van der Waals surface area (Å²) in [7, 11) is 0. The Bertz CT molecular complexity index is 1500. The van der Waals surface area contributed by atoms with Crippen LogP contribution in [0, 0.1) is 13.8 Å². The molecule has 4 aromatic rings. The van der Waals surface area contributed by atoms with E-state index >= 15 is 0 Å². The van der Waals surface area contributed by atoms with E-state index in [0.29, 0.717) is 28.4 Å². The summed E-state index contributed by atoms with van der Waals surface area (Å²) in [6, 6.07) is 30.2. The average Bonchev–Trinajstić information content (AvgIpc) is 2.89. The summed E-state index contributed by atoms with van der Waals surface area (Å²) >= 11 is 12.1. The van der Waals surface area contributed by atoms with Gasteiger partial charge in [0.25, 0.3) is 11.8 Å². The largest absolute Gasteiger partial charge is 0.270 e. The van der Waals surface area contributed by atoms with Crippen LogP contribution in [0.3, 0.4) is 0 Å². The van der Waals surface area contributed by atoms with Gasteiger partial charge in [0.15, 0.2) is 5.11 Å². The van der Waals surface area contributed by atoms with Gasteiger partial charge >= 0.3 is 0 Å². The van der Waals surface area contributed by atoms with Crippen LogP contribution in [0.2, 0.25) is 5.02 Å². The minimum atomic E-state index is -0.476. The van der Waals surface area contributed by atoms with Gasteiger partial charge in [0.2, 0.25) is 0 Å². The van der Waals surface area contributed by atoms with Crippen LogP contribution in [-0.2, 0) is 16.0 Å². The molecule has 0 aliphatic carbocycles. The number of anilines is 2. The molecule has 0 aromatic heterocycles. The number of thiocarbonyl (C=S) groups is 1. The highest BCUT2D eigenvalue weighted by Crippen LogP contribution is 2.31. The van der Waals surface area contributed by atoms with E-state index in [2.05, 4.69) is 32.0 Å². The van der Waals surface area contributed by atoms with Crippen molar-refractivity contribution in [3.8, 4) is 0 Å². The van der Waals surface area contributed by atoms with Gasteiger partial charge in [0, 0.05) is 5.02 Å².